The molecular formula is C12H18N2O3. The van der Waals surface area contributed by atoms with Gasteiger partial charge in [0.05, 0.1) is 12.7 Å². The predicted octanol–water partition coefficient (Wildman–Crippen LogP) is 0.290. The quantitative estimate of drug-likeness (QED) is 0.764. The molecule has 0 aromatic carbocycles. The summed E-state index contributed by atoms with van der Waals surface area (Å²) in [5.41, 5.74) is -0.921. The van der Waals surface area contributed by atoms with Crippen molar-refractivity contribution in [2.75, 3.05) is 26.4 Å². The molecule has 1 saturated carbocycles. The van der Waals surface area contributed by atoms with Crippen LogP contribution in [0.1, 0.15) is 25.7 Å². The minimum absolute atomic E-state index is 0.0414. The van der Waals surface area contributed by atoms with E-state index in [0.29, 0.717) is 32.6 Å². The van der Waals surface area contributed by atoms with Gasteiger partial charge in [-0.15, -0.1) is 0 Å². The third-order valence-corrected chi connectivity index (χ3v) is 3.56. The molecule has 2 aliphatic rings. The van der Waals surface area contributed by atoms with Crippen molar-refractivity contribution in [1.82, 2.24) is 4.90 Å². The summed E-state index contributed by atoms with van der Waals surface area (Å²) in [6, 6.07) is 2.42. The molecular weight excluding hydrogens is 220 g/mol. The van der Waals surface area contributed by atoms with Crippen LogP contribution in [0.4, 0.5) is 0 Å². The van der Waals surface area contributed by atoms with E-state index in [1.165, 1.54) is 0 Å². The van der Waals surface area contributed by atoms with E-state index in [9.17, 15) is 10.1 Å². The Hall–Kier alpha value is -1.12. The van der Waals surface area contributed by atoms with Crippen LogP contribution in [0, 0.1) is 16.7 Å². The van der Waals surface area contributed by atoms with Crippen LogP contribution in [0.15, 0.2) is 0 Å². The summed E-state index contributed by atoms with van der Waals surface area (Å²) >= 11 is 0. The van der Waals surface area contributed by atoms with Gasteiger partial charge >= 0.3 is 0 Å². The first-order valence-corrected chi connectivity index (χ1v) is 6.14. The molecule has 0 atom stereocenters. The lowest BCUT2D eigenvalue weighted by atomic mass is 9.80. The molecule has 1 saturated heterocycles. The van der Waals surface area contributed by atoms with Crippen LogP contribution in [0.25, 0.3) is 0 Å². The van der Waals surface area contributed by atoms with Crippen LogP contribution in [-0.4, -0.2) is 48.3 Å². The number of hydrogen-bond donors (Lipinski definition) is 1. The third-order valence-electron chi connectivity index (χ3n) is 3.56. The monoisotopic (exact) mass is 238 g/mol. The average molecular weight is 238 g/mol. The van der Waals surface area contributed by atoms with E-state index in [0.717, 1.165) is 12.8 Å². The minimum Gasteiger partial charge on any atom is -0.395 e. The van der Waals surface area contributed by atoms with Gasteiger partial charge in [-0.25, -0.2) is 0 Å². The number of nitriles is 1. The van der Waals surface area contributed by atoms with E-state index in [1.54, 1.807) is 4.90 Å². The summed E-state index contributed by atoms with van der Waals surface area (Å²) in [6.45, 7) is 1.24. The summed E-state index contributed by atoms with van der Waals surface area (Å²) in [6.07, 6.45) is 2.92. The molecule has 1 heterocycles. The zero-order valence-electron chi connectivity index (χ0n) is 9.89. The van der Waals surface area contributed by atoms with E-state index < -0.39 is 5.41 Å². The van der Waals surface area contributed by atoms with Gasteiger partial charge < -0.3 is 14.7 Å². The van der Waals surface area contributed by atoms with Gasteiger partial charge in [0.15, 0.2) is 0 Å². The molecule has 2 rings (SSSR count). The normalized spacial score (nSPS) is 22.8. The number of aliphatic hydroxyl groups is 1. The van der Waals surface area contributed by atoms with Gasteiger partial charge in [-0.3, -0.25) is 4.79 Å². The number of rotatable bonds is 4. The largest absolute Gasteiger partial charge is 0.395 e. The SMILES string of the molecule is N#CC1(C(=O)N(CCO)C2CC2)CCOCC1. The van der Waals surface area contributed by atoms with E-state index in [2.05, 4.69) is 6.07 Å². The van der Waals surface area contributed by atoms with Crippen LogP contribution in [0.2, 0.25) is 0 Å². The Labute approximate surface area is 101 Å². The molecule has 17 heavy (non-hydrogen) atoms. The van der Waals surface area contributed by atoms with Crippen LogP contribution in [0.5, 0.6) is 0 Å². The molecule has 0 aromatic heterocycles. The summed E-state index contributed by atoms with van der Waals surface area (Å²) in [5.74, 6) is -0.111. The van der Waals surface area contributed by atoms with E-state index in [4.69, 9.17) is 9.84 Å². The Balaban J connectivity index is 2.11. The van der Waals surface area contributed by atoms with Crippen molar-refractivity contribution in [3.05, 3.63) is 0 Å². The molecule has 1 amide bonds. The lowest BCUT2D eigenvalue weighted by molar-refractivity contribution is -0.144. The summed E-state index contributed by atoms with van der Waals surface area (Å²) in [4.78, 5) is 14.1. The Bertz CT molecular complexity index is 327. The van der Waals surface area contributed by atoms with Crippen molar-refractivity contribution in [1.29, 1.82) is 5.26 Å². The number of hydrogen-bond acceptors (Lipinski definition) is 4. The molecule has 0 radical (unpaired) electrons. The van der Waals surface area contributed by atoms with E-state index >= 15 is 0 Å². The molecule has 0 spiro atoms. The van der Waals surface area contributed by atoms with E-state index in [-0.39, 0.29) is 18.6 Å². The minimum atomic E-state index is -0.921. The molecule has 0 aromatic rings. The van der Waals surface area contributed by atoms with Gasteiger partial charge in [0.1, 0.15) is 5.41 Å². The topological polar surface area (TPSA) is 73.6 Å². The third kappa shape index (κ3) is 2.43. The van der Waals surface area contributed by atoms with Crippen molar-refractivity contribution >= 4 is 5.91 Å². The molecule has 1 N–H and O–H groups in total. The first kappa shape index (κ1) is 12.3. The molecule has 94 valence electrons. The zero-order chi connectivity index (χ0) is 12.3. The maximum absolute atomic E-state index is 12.5. The number of amides is 1. The van der Waals surface area contributed by atoms with Crippen molar-refractivity contribution in [3.63, 3.8) is 0 Å². The molecule has 5 heteroatoms. The number of aliphatic hydroxyl groups excluding tert-OH is 1. The number of carbonyl (C=O) groups is 1. The Kier molecular flexibility index (Phi) is 3.65. The lowest BCUT2D eigenvalue weighted by Crippen LogP contribution is -2.48. The van der Waals surface area contributed by atoms with Crippen LogP contribution in [0.3, 0.4) is 0 Å². The standard InChI is InChI=1S/C12H18N2O3/c13-9-12(3-7-17-8-4-12)11(16)14(5-6-15)10-1-2-10/h10,15H,1-8H2. The first-order valence-electron chi connectivity index (χ1n) is 6.14. The number of nitrogens with zero attached hydrogens (tertiary/aromatic N) is 2. The van der Waals surface area contributed by atoms with Gasteiger partial charge in [-0.2, -0.15) is 5.26 Å². The van der Waals surface area contributed by atoms with Gasteiger partial charge in [-0.05, 0) is 25.7 Å². The fourth-order valence-corrected chi connectivity index (χ4v) is 2.31. The van der Waals surface area contributed by atoms with Crippen LogP contribution >= 0.6 is 0 Å². The highest BCUT2D eigenvalue weighted by Gasteiger charge is 2.46. The number of ether oxygens (including phenoxy) is 1. The maximum atomic E-state index is 12.5. The smallest absolute Gasteiger partial charge is 0.243 e. The van der Waals surface area contributed by atoms with Crippen molar-refractivity contribution in [3.8, 4) is 6.07 Å². The summed E-state index contributed by atoms with van der Waals surface area (Å²) in [5, 5.41) is 18.3. The molecule has 0 unspecified atom stereocenters. The second-order valence-electron chi connectivity index (χ2n) is 4.76. The molecule has 1 aliphatic carbocycles. The Morgan fingerprint density at radius 1 is 1.47 bits per heavy atom. The van der Waals surface area contributed by atoms with Gasteiger partial charge in [0.2, 0.25) is 5.91 Å². The molecule has 2 fully saturated rings. The van der Waals surface area contributed by atoms with Gasteiger partial charge in [0.25, 0.3) is 0 Å². The van der Waals surface area contributed by atoms with Gasteiger partial charge in [-0.1, -0.05) is 0 Å². The molecule has 0 bridgehead atoms. The first-order chi connectivity index (χ1) is 8.23. The summed E-state index contributed by atoms with van der Waals surface area (Å²) in [7, 11) is 0. The fraction of sp³-hybridized carbons (Fsp3) is 0.833. The fourth-order valence-electron chi connectivity index (χ4n) is 2.31. The zero-order valence-corrected chi connectivity index (χ0v) is 9.89. The summed E-state index contributed by atoms with van der Waals surface area (Å²) < 4.78 is 5.22. The van der Waals surface area contributed by atoms with Crippen LogP contribution < -0.4 is 0 Å². The second-order valence-corrected chi connectivity index (χ2v) is 4.76. The maximum Gasteiger partial charge on any atom is 0.243 e. The highest BCUT2D eigenvalue weighted by molar-refractivity contribution is 5.86. The molecule has 1 aliphatic heterocycles. The Morgan fingerprint density at radius 2 is 2.12 bits per heavy atom. The highest BCUT2D eigenvalue weighted by atomic mass is 16.5. The van der Waals surface area contributed by atoms with Crippen molar-refractivity contribution < 1.29 is 14.6 Å². The lowest BCUT2D eigenvalue weighted by Gasteiger charge is -2.34. The Morgan fingerprint density at radius 3 is 2.59 bits per heavy atom. The van der Waals surface area contributed by atoms with E-state index in [1.807, 2.05) is 0 Å². The highest BCUT2D eigenvalue weighted by Crippen LogP contribution is 2.36. The van der Waals surface area contributed by atoms with Crippen LogP contribution in [-0.2, 0) is 9.53 Å². The average Bonchev–Trinajstić information content (AvgIpc) is 3.20. The van der Waals surface area contributed by atoms with Gasteiger partial charge in [0, 0.05) is 25.8 Å². The van der Waals surface area contributed by atoms with Crippen molar-refractivity contribution in [2.45, 2.75) is 31.7 Å². The second kappa shape index (κ2) is 5.03. The number of carbonyl (C=O) groups excluding carboxylic acids is 1. The van der Waals surface area contributed by atoms with Crippen molar-refractivity contribution in [2.24, 2.45) is 5.41 Å². The predicted molar refractivity (Wildman–Crippen MR) is 59.9 cm³/mol. The molecule has 5 nitrogen and oxygen atoms in total.